The third-order valence-corrected chi connectivity index (χ3v) is 3.69. The fourth-order valence-electron chi connectivity index (χ4n) is 2.17. The molecule has 2 aliphatic heterocycles. The van der Waals surface area contributed by atoms with Gasteiger partial charge in [0, 0.05) is 0 Å². The van der Waals surface area contributed by atoms with Crippen LogP contribution >= 0.6 is 0 Å². The summed E-state index contributed by atoms with van der Waals surface area (Å²) in [5, 5.41) is 0. The van der Waals surface area contributed by atoms with Gasteiger partial charge >= 0.3 is 0 Å². The van der Waals surface area contributed by atoms with E-state index in [0.29, 0.717) is 18.1 Å². The first-order valence-corrected chi connectivity index (χ1v) is 7.54. The highest BCUT2D eigenvalue weighted by Gasteiger charge is 2.26. The monoisotopic (exact) mass is 278 g/mol. The number of hydrogen-bond donors (Lipinski definition) is 0. The molecule has 0 aromatic rings. The lowest BCUT2D eigenvalue weighted by atomic mass is 9.87. The first kappa shape index (κ1) is 15.5. The fourth-order valence-corrected chi connectivity index (χ4v) is 2.17. The molecule has 0 aromatic heterocycles. The molecular weight excluding hydrogens is 252 g/mol. The second-order valence-electron chi connectivity index (χ2n) is 5.59. The van der Waals surface area contributed by atoms with Crippen molar-refractivity contribution >= 4 is 0 Å². The normalized spacial score (nSPS) is 33.8. The summed E-state index contributed by atoms with van der Waals surface area (Å²) < 4.78 is 15.1. The van der Waals surface area contributed by atoms with Gasteiger partial charge in [-0.05, 0) is 31.1 Å². The highest BCUT2D eigenvalue weighted by Crippen LogP contribution is 2.24. The SMILES string of the molecule is C(OCC1CO1)C1CO1.C=CCC1C=CC(C=C)CC1. The van der Waals surface area contributed by atoms with Crippen molar-refractivity contribution in [1.29, 1.82) is 0 Å². The van der Waals surface area contributed by atoms with Crippen LogP contribution in [0.15, 0.2) is 37.5 Å². The lowest BCUT2D eigenvalue weighted by Gasteiger charge is -2.18. The highest BCUT2D eigenvalue weighted by atomic mass is 16.6. The van der Waals surface area contributed by atoms with E-state index in [9.17, 15) is 0 Å². The van der Waals surface area contributed by atoms with Gasteiger partial charge in [0.2, 0.25) is 0 Å². The van der Waals surface area contributed by atoms with Crippen LogP contribution in [0.3, 0.4) is 0 Å². The van der Waals surface area contributed by atoms with Gasteiger partial charge in [-0.25, -0.2) is 0 Å². The molecule has 1 aliphatic carbocycles. The minimum absolute atomic E-state index is 0.392. The van der Waals surface area contributed by atoms with E-state index in [-0.39, 0.29) is 0 Å². The van der Waals surface area contributed by atoms with Crippen LogP contribution in [-0.2, 0) is 14.2 Å². The molecule has 2 fully saturated rings. The molecule has 4 atom stereocenters. The molecule has 4 unspecified atom stereocenters. The van der Waals surface area contributed by atoms with Gasteiger partial charge in [-0.15, -0.1) is 13.2 Å². The van der Waals surface area contributed by atoms with Gasteiger partial charge in [-0.3, -0.25) is 0 Å². The molecule has 0 saturated carbocycles. The van der Waals surface area contributed by atoms with E-state index in [1.54, 1.807) is 0 Å². The van der Waals surface area contributed by atoms with Crippen molar-refractivity contribution in [3.63, 3.8) is 0 Å². The van der Waals surface area contributed by atoms with Crippen LogP contribution in [0.2, 0.25) is 0 Å². The molecule has 0 spiro atoms. The van der Waals surface area contributed by atoms with Crippen LogP contribution in [-0.4, -0.2) is 38.6 Å². The molecule has 0 radical (unpaired) electrons. The van der Waals surface area contributed by atoms with Crippen molar-refractivity contribution < 1.29 is 14.2 Å². The Bertz CT molecular complexity index is 317. The van der Waals surface area contributed by atoms with E-state index in [1.807, 2.05) is 12.2 Å². The molecular formula is C17H26O3. The average molecular weight is 278 g/mol. The molecule has 3 aliphatic rings. The Morgan fingerprint density at radius 2 is 1.70 bits per heavy atom. The first-order valence-electron chi connectivity index (χ1n) is 7.54. The zero-order valence-electron chi connectivity index (χ0n) is 12.2. The smallest absolute Gasteiger partial charge is 0.104 e. The van der Waals surface area contributed by atoms with Crippen LogP contribution in [0.4, 0.5) is 0 Å². The number of ether oxygens (including phenoxy) is 3. The lowest BCUT2D eigenvalue weighted by molar-refractivity contribution is 0.102. The van der Waals surface area contributed by atoms with Gasteiger partial charge < -0.3 is 14.2 Å². The standard InChI is InChI=1S/C11H16.C6H10O3/c1-3-5-11-8-6-10(4-2)7-9-11;1(5-3-8-5)7-2-6-4-9-6/h3-4,6,8,10-11H,1-2,5,7,9H2;5-6H,1-4H2. The highest BCUT2D eigenvalue weighted by molar-refractivity contribution is 5.04. The maximum absolute atomic E-state index is 5.23. The number of hydrogen-bond acceptors (Lipinski definition) is 3. The Kier molecular flexibility index (Phi) is 6.51. The van der Waals surface area contributed by atoms with Crippen LogP contribution in [0, 0.1) is 11.8 Å². The third-order valence-electron chi connectivity index (χ3n) is 3.69. The second-order valence-corrected chi connectivity index (χ2v) is 5.59. The Hall–Kier alpha value is -0.900. The van der Waals surface area contributed by atoms with Crippen molar-refractivity contribution in [3.05, 3.63) is 37.5 Å². The van der Waals surface area contributed by atoms with E-state index < -0.39 is 0 Å². The zero-order chi connectivity index (χ0) is 14.2. The summed E-state index contributed by atoms with van der Waals surface area (Å²) in [4.78, 5) is 0. The minimum atomic E-state index is 0.392. The zero-order valence-corrected chi connectivity index (χ0v) is 12.2. The first-order chi connectivity index (χ1) is 9.81. The molecule has 0 N–H and O–H groups in total. The van der Waals surface area contributed by atoms with Gasteiger partial charge in [-0.1, -0.05) is 24.3 Å². The topological polar surface area (TPSA) is 34.3 Å². The molecule has 3 nitrogen and oxygen atoms in total. The summed E-state index contributed by atoms with van der Waals surface area (Å²) in [6.07, 6.45) is 13.1. The number of rotatable bonds is 7. The number of epoxide rings is 2. The van der Waals surface area contributed by atoms with Crippen molar-refractivity contribution in [1.82, 2.24) is 0 Å². The van der Waals surface area contributed by atoms with Crippen LogP contribution in [0.5, 0.6) is 0 Å². The summed E-state index contributed by atoms with van der Waals surface area (Å²) in [5.41, 5.74) is 0. The predicted octanol–water partition coefficient (Wildman–Crippen LogP) is 3.13. The van der Waals surface area contributed by atoms with Crippen molar-refractivity contribution in [2.24, 2.45) is 11.8 Å². The predicted molar refractivity (Wildman–Crippen MR) is 80.7 cm³/mol. The van der Waals surface area contributed by atoms with Gasteiger partial charge in [0.25, 0.3) is 0 Å². The van der Waals surface area contributed by atoms with Crippen molar-refractivity contribution in [2.75, 3.05) is 26.4 Å². The Morgan fingerprint density at radius 3 is 2.10 bits per heavy atom. The summed E-state index contributed by atoms with van der Waals surface area (Å²) in [5.74, 6) is 1.36. The molecule has 0 aromatic carbocycles. The van der Waals surface area contributed by atoms with E-state index in [2.05, 4.69) is 25.3 Å². The summed E-state index contributed by atoms with van der Waals surface area (Å²) in [6, 6.07) is 0. The molecule has 3 heteroatoms. The Morgan fingerprint density at radius 1 is 1.05 bits per heavy atom. The minimum Gasteiger partial charge on any atom is -0.376 e. The van der Waals surface area contributed by atoms with Gasteiger partial charge in [0.1, 0.15) is 12.2 Å². The molecule has 2 heterocycles. The summed E-state index contributed by atoms with van der Waals surface area (Å²) in [6.45, 7) is 10.8. The second kappa shape index (κ2) is 8.40. The Labute approximate surface area is 122 Å². The summed E-state index contributed by atoms with van der Waals surface area (Å²) >= 11 is 0. The van der Waals surface area contributed by atoms with Crippen LogP contribution in [0.25, 0.3) is 0 Å². The molecule has 2 saturated heterocycles. The largest absolute Gasteiger partial charge is 0.376 e. The molecule has 3 rings (SSSR count). The van der Waals surface area contributed by atoms with E-state index in [1.165, 1.54) is 12.8 Å². The molecule has 0 bridgehead atoms. The van der Waals surface area contributed by atoms with Crippen molar-refractivity contribution in [3.8, 4) is 0 Å². The fraction of sp³-hybridized carbons (Fsp3) is 0.647. The van der Waals surface area contributed by atoms with Crippen molar-refractivity contribution in [2.45, 2.75) is 31.5 Å². The van der Waals surface area contributed by atoms with E-state index >= 15 is 0 Å². The van der Waals surface area contributed by atoms with Crippen LogP contribution in [0.1, 0.15) is 19.3 Å². The van der Waals surface area contributed by atoms with Gasteiger partial charge in [-0.2, -0.15) is 0 Å². The quantitative estimate of drug-likeness (QED) is 0.530. The Balaban J connectivity index is 0.000000149. The maximum atomic E-state index is 5.23. The van der Waals surface area contributed by atoms with Crippen LogP contribution < -0.4 is 0 Å². The van der Waals surface area contributed by atoms with E-state index in [0.717, 1.165) is 38.8 Å². The maximum Gasteiger partial charge on any atom is 0.104 e. The van der Waals surface area contributed by atoms with Gasteiger partial charge in [0.05, 0.1) is 26.4 Å². The average Bonchev–Trinajstić information content (AvgIpc) is 3.36. The molecule has 112 valence electrons. The number of allylic oxidation sites excluding steroid dienone is 4. The van der Waals surface area contributed by atoms with Gasteiger partial charge in [0.15, 0.2) is 0 Å². The summed E-state index contributed by atoms with van der Waals surface area (Å²) in [7, 11) is 0. The van der Waals surface area contributed by atoms with E-state index in [4.69, 9.17) is 14.2 Å². The molecule has 20 heavy (non-hydrogen) atoms. The molecule has 0 amide bonds. The lowest BCUT2D eigenvalue weighted by Crippen LogP contribution is -2.06. The third kappa shape index (κ3) is 6.51.